The molecule has 13 nitrogen and oxygen atoms in total. The largest absolute Gasteiger partial charge is 0.492 e. The number of esters is 1. The van der Waals surface area contributed by atoms with E-state index in [2.05, 4.69) is 73.4 Å². The van der Waals surface area contributed by atoms with Crippen LogP contribution in [0, 0.1) is 64.1 Å². The number of carbonyl (C=O) groups excluding carboxylic acids is 2. The van der Waals surface area contributed by atoms with Crippen molar-refractivity contribution in [1.29, 1.82) is 0 Å². The molecule has 6 saturated carbocycles. The number of fused-ring (bicyclic) bond motifs is 5. The summed E-state index contributed by atoms with van der Waals surface area (Å²) in [5.41, 5.74) is 8.81. The monoisotopic (exact) mass is 1080 g/mol. The third-order valence-electron chi connectivity index (χ3n) is 17.8. The Bertz CT molecular complexity index is 2070. The number of para-hydroxylation sites is 2. The van der Waals surface area contributed by atoms with Gasteiger partial charge in [-0.25, -0.2) is 0 Å². The average Bonchev–Trinajstić information content (AvgIpc) is 3.95. The van der Waals surface area contributed by atoms with Crippen LogP contribution in [0.1, 0.15) is 112 Å². The highest BCUT2D eigenvalue weighted by Crippen LogP contribution is 2.64. The van der Waals surface area contributed by atoms with Crippen LogP contribution in [0.25, 0.3) is 0 Å². The van der Waals surface area contributed by atoms with E-state index in [4.69, 9.17) is 29.6 Å². The molecule has 0 aromatic heterocycles. The van der Waals surface area contributed by atoms with Crippen molar-refractivity contribution in [2.24, 2.45) is 69.8 Å². The Balaban J connectivity index is 0.000000172. The lowest BCUT2D eigenvalue weighted by molar-refractivity contribution is -0.195. The van der Waals surface area contributed by atoms with Crippen molar-refractivity contribution in [1.82, 2.24) is 10.1 Å². The molecule has 68 heavy (non-hydrogen) atoms. The van der Waals surface area contributed by atoms with Gasteiger partial charge in [-0.05, 0) is 150 Å². The van der Waals surface area contributed by atoms with E-state index in [1.807, 2.05) is 57.2 Å². The summed E-state index contributed by atoms with van der Waals surface area (Å²) >= 11 is 7.05. The van der Waals surface area contributed by atoms with Crippen LogP contribution >= 0.6 is 31.9 Å². The Morgan fingerprint density at radius 1 is 0.809 bits per heavy atom. The minimum atomic E-state index is -0.777. The number of nitrogens with two attached hydrogens (primary N) is 1. The topological polar surface area (TPSA) is 173 Å². The fourth-order valence-electron chi connectivity index (χ4n) is 13.5. The maximum absolute atomic E-state index is 13.8. The molecule has 3 aliphatic heterocycles. The maximum atomic E-state index is 13.8. The number of carbonyl (C=O) groups is 2. The Kier molecular flexibility index (Phi) is 17.3. The molecule has 2 aromatic carbocycles. The quantitative estimate of drug-likeness (QED) is 0.133. The number of cyclic esters (lactones) is 1. The second-order valence-electron chi connectivity index (χ2n) is 22.1. The number of ketones is 1. The van der Waals surface area contributed by atoms with Crippen molar-refractivity contribution >= 4 is 43.6 Å². The molecule has 6 aliphatic carbocycles. The number of halogens is 2. The van der Waals surface area contributed by atoms with Crippen LogP contribution in [-0.2, 0) is 37.1 Å². The Labute approximate surface area is 421 Å². The average molecular weight is 1080 g/mol. The molecule has 0 unspecified atom stereocenters. The number of Topliss-reactive ketones (excluding diaryl/α,β-unsaturated/α-hetero) is 1. The number of rotatable bonds is 14. The van der Waals surface area contributed by atoms with Gasteiger partial charge in [0.15, 0.2) is 5.78 Å². The van der Waals surface area contributed by atoms with E-state index in [9.17, 15) is 24.9 Å². The van der Waals surface area contributed by atoms with Gasteiger partial charge in [0, 0.05) is 29.5 Å². The predicted octanol–water partition coefficient (Wildman–Crippen LogP) is 8.50. The molecule has 11 rings (SSSR count). The minimum absolute atomic E-state index is 0.103. The fraction of sp³-hybridized carbons (Fsp3) is 0.736. The molecule has 3 heterocycles. The van der Waals surface area contributed by atoms with Crippen LogP contribution in [0.5, 0.6) is 11.5 Å². The van der Waals surface area contributed by atoms with Crippen molar-refractivity contribution in [2.75, 3.05) is 26.4 Å². The summed E-state index contributed by atoms with van der Waals surface area (Å²) in [6, 6.07) is 11.0. The first-order valence-corrected chi connectivity index (χ1v) is 26.8. The highest BCUT2D eigenvalue weighted by Gasteiger charge is 2.59. The second kappa shape index (κ2) is 21.9. The van der Waals surface area contributed by atoms with Gasteiger partial charge in [-0.2, -0.15) is 10.1 Å². The van der Waals surface area contributed by atoms with E-state index in [1.165, 1.54) is 19.3 Å². The minimum Gasteiger partial charge on any atom is -0.492 e. The number of hydrogen-bond donors (Lipinski definition) is 4. The third-order valence-corrected chi connectivity index (χ3v) is 19.0. The van der Waals surface area contributed by atoms with Crippen LogP contribution in [0.3, 0.4) is 0 Å². The van der Waals surface area contributed by atoms with Gasteiger partial charge in [0.05, 0.1) is 60.5 Å². The first-order valence-electron chi connectivity index (χ1n) is 25.2. The number of aliphatic hydroxyl groups is 3. The first kappa shape index (κ1) is 53.6. The number of nitrogens with zero attached hydrogens (tertiary/aromatic N) is 2. The molecule has 0 spiro atoms. The van der Waals surface area contributed by atoms with E-state index in [-0.39, 0.29) is 37.0 Å². The molecule has 2 aromatic rings. The van der Waals surface area contributed by atoms with Gasteiger partial charge >= 0.3 is 5.97 Å². The SMILES string of the molecule is CCOc1c(Br)cccc1CN1O[C@@H](CO)[C@@H]([C@H](C)O)[C@H]1C(=O)C[C@H]1C[C@H]2C[C@@H]([C@@H]1C)C2(C)C.CCOc1c(Br)cccc1CN1O[C@@H](CO)[C@H]2[C@H](C)OC(=O)[C@H]21.C[C@@H]1[C@@H](N)C[C@H]2C[C@@H]1C2(C)C. The number of benzene rings is 2. The van der Waals surface area contributed by atoms with Crippen molar-refractivity contribution in [3.63, 3.8) is 0 Å². The lowest BCUT2D eigenvalue weighted by Gasteiger charge is -2.62. The predicted molar refractivity (Wildman–Crippen MR) is 267 cm³/mol. The Hall–Kier alpha value is -2.18. The van der Waals surface area contributed by atoms with E-state index in [0.29, 0.717) is 73.3 Å². The summed E-state index contributed by atoms with van der Waals surface area (Å²) in [6.07, 6.45) is 3.50. The summed E-state index contributed by atoms with van der Waals surface area (Å²) < 4.78 is 18.6. The second-order valence-corrected chi connectivity index (χ2v) is 23.8. The molecule has 0 radical (unpaired) electrons. The molecule has 4 bridgehead atoms. The van der Waals surface area contributed by atoms with E-state index in [1.54, 1.807) is 17.1 Å². The van der Waals surface area contributed by atoms with E-state index >= 15 is 0 Å². The Morgan fingerprint density at radius 2 is 1.32 bits per heavy atom. The van der Waals surface area contributed by atoms with Crippen LogP contribution in [-0.4, -0.2) is 106 Å². The standard InChI is InChI=1S/C27H40BrNO5.C16H20BrNO5.C10H19N/c1-6-33-26-17(8-7-9-21(26)28)13-29-25(24(16(3)31)23(14-30)34-29)22(32)11-18-10-19-12-20(15(18)2)27(19,4)5;1-3-21-15-10(5-4-6-11(15)17)7-18-14-13(12(8-19)23-18)9(2)22-16(14)20;1-6-8-4-7(5-9(6)11)10(8,2)3/h7-9,15-16,18-20,23-25,30-31H,6,10-14H2,1-5H3;4-6,9,12-14,19H,3,7-8H2,1-2H3;6-9H,4-5,11H2,1-3H3/t15-,16+,18-,19+,20+,23+,24-,25-;9-,12-,13+,14-;6-,7+,8-,9-/m100/s1. The number of aliphatic hydroxyl groups excluding tert-OH is 3. The van der Waals surface area contributed by atoms with Crippen molar-refractivity contribution < 1.29 is 48.8 Å². The van der Waals surface area contributed by atoms with E-state index < -0.39 is 36.3 Å². The number of hydroxylamine groups is 4. The molecule has 9 fully saturated rings. The van der Waals surface area contributed by atoms with Crippen molar-refractivity contribution in [3.05, 3.63) is 56.5 Å². The molecular formula is C53H79Br2N3O10. The Morgan fingerprint density at radius 3 is 1.79 bits per heavy atom. The molecule has 16 atom stereocenters. The van der Waals surface area contributed by atoms with Crippen LogP contribution in [0.15, 0.2) is 45.3 Å². The smallest absolute Gasteiger partial charge is 0.326 e. The van der Waals surface area contributed by atoms with Gasteiger partial charge in [0.25, 0.3) is 0 Å². The fourth-order valence-corrected chi connectivity index (χ4v) is 14.5. The highest BCUT2D eigenvalue weighted by atomic mass is 79.9. The van der Waals surface area contributed by atoms with Gasteiger partial charge in [-0.3, -0.25) is 19.3 Å². The molecule has 15 heteroatoms. The molecular weight excluding hydrogens is 998 g/mol. The highest BCUT2D eigenvalue weighted by molar-refractivity contribution is 9.11. The number of hydrogen-bond acceptors (Lipinski definition) is 13. The van der Waals surface area contributed by atoms with Crippen LogP contribution in [0.2, 0.25) is 0 Å². The van der Waals surface area contributed by atoms with E-state index in [0.717, 1.165) is 55.7 Å². The molecule has 3 saturated heterocycles. The summed E-state index contributed by atoms with van der Waals surface area (Å²) in [6.45, 7) is 23.0. The maximum Gasteiger partial charge on any atom is 0.326 e. The molecule has 5 N–H and O–H groups in total. The summed E-state index contributed by atoms with van der Waals surface area (Å²) in [4.78, 5) is 37.9. The lowest BCUT2D eigenvalue weighted by atomic mass is 9.43. The van der Waals surface area contributed by atoms with Gasteiger partial charge in [-0.1, -0.05) is 65.8 Å². The third kappa shape index (κ3) is 10.4. The first-order chi connectivity index (χ1) is 32.2. The number of ether oxygens (including phenoxy) is 3. The summed E-state index contributed by atoms with van der Waals surface area (Å²) in [5.74, 6) is 5.46. The zero-order valence-electron chi connectivity index (χ0n) is 41.9. The lowest BCUT2D eigenvalue weighted by Crippen LogP contribution is -2.58. The van der Waals surface area contributed by atoms with Crippen LogP contribution < -0.4 is 15.2 Å². The molecule has 0 amide bonds. The summed E-state index contributed by atoms with van der Waals surface area (Å²) in [7, 11) is 0. The van der Waals surface area contributed by atoms with Crippen LogP contribution in [0.4, 0.5) is 0 Å². The van der Waals surface area contributed by atoms with Gasteiger partial charge < -0.3 is 35.3 Å². The molecule has 380 valence electrons. The molecule has 9 aliphatic rings. The zero-order chi connectivity index (χ0) is 49.6. The van der Waals surface area contributed by atoms with Crippen molar-refractivity contribution in [2.45, 2.75) is 157 Å². The van der Waals surface area contributed by atoms with Crippen molar-refractivity contribution in [3.8, 4) is 11.5 Å². The van der Waals surface area contributed by atoms with Gasteiger partial charge in [0.1, 0.15) is 41.9 Å². The van der Waals surface area contributed by atoms with Gasteiger partial charge in [0.2, 0.25) is 0 Å². The van der Waals surface area contributed by atoms with Gasteiger partial charge in [-0.15, -0.1) is 0 Å². The summed E-state index contributed by atoms with van der Waals surface area (Å²) in [5, 5.41) is 33.4. The zero-order valence-corrected chi connectivity index (χ0v) is 45.1. The normalized spacial score (nSPS) is 36.7.